The quantitative estimate of drug-likeness (QED) is 0.674. The molecule has 1 aromatic heterocycles. The number of rotatable bonds is 6. The van der Waals surface area contributed by atoms with Crippen LogP contribution in [-0.2, 0) is 10.0 Å². The Morgan fingerprint density at radius 2 is 1.79 bits per heavy atom. The first-order chi connectivity index (χ1) is 11.4. The lowest BCUT2D eigenvalue weighted by Crippen LogP contribution is -2.56. The normalized spacial score (nSPS) is 36.2. The molecule has 4 saturated carbocycles. The minimum Gasteiger partial charge on any atom is -0.207 e. The minimum atomic E-state index is -3.42. The van der Waals surface area contributed by atoms with Crippen LogP contribution in [0, 0.1) is 23.2 Å². The van der Waals surface area contributed by atoms with Crippen molar-refractivity contribution in [2.75, 3.05) is 0 Å². The van der Waals surface area contributed by atoms with Crippen molar-refractivity contribution in [2.45, 2.75) is 68.5 Å². The summed E-state index contributed by atoms with van der Waals surface area (Å²) in [6.07, 6.45) is 9.87. The zero-order valence-electron chi connectivity index (χ0n) is 14.1. The van der Waals surface area contributed by atoms with E-state index in [0.717, 1.165) is 34.4 Å². The lowest BCUT2D eigenvalue weighted by Gasteiger charge is -2.59. The van der Waals surface area contributed by atoms with E-state index < -0.39 is 10.0 Å². The fourth-order valence-electron chi connectivity index (χ4n) is 6.07. The van der Waals surface area contributed by atoms with E-state index in [4.69, 9.17) is 0 Å². The Labute approximate surface area is 157 Å². The molecule has 4 aliphatic carbocycles. The molecule has 1 atom stereocenters. The molecule has 1 heterocycles. The molecule has 0 radical (unpaired) electrons. The molecule has 0 spiro atoms. The van der Waals surface area contributed by atoms with Gasteiger partial charge in [-0.1, -0.05) is 13.3 Å². The van der Waals surface area contributed by atoms with Crippen molar-refractivity contribution in [2.24, 2.45) is 23.2 Å². The fraction of sp³-hybridized carbons (Fsp3) is 0.778. The van der Waals surface area contributed by atoms with Crippen LogP contribution in [0.4, 0.5) is 0 Å². The molecule has 3 nitrogen and oxygen atoms in total. The number of halogens is 1. The van der Waals surface area contributed by atoms with Gasteiger partial charge < -0.3 is 0 Å². The Morgan fingerprint density at radius 1 is 1.21 bits per heavy atom. The Hall–Kier alpha value is 0.0900. The van der Waals surface area contributed by atoms with Gasteiger partial charge in [0.1, 0.15) is 4.21 Å². The highest BCUT2D eigenvalue weighted by Crippen LogP contribution is 2.61. The van der Waals surface area contributed by atoms with Crippen molar-refractivity contribution < 1.29 is 8.42 Å². The molecule has 1 aromatic rings. The SMILES string of the molecule is CCCC(NS(=O)(=O)c1ccc(Br)s1)C12CC3CC(CC(C3)C1)C2. The van der Waals surface area contributed by atoms with E-state index in [1.807, 2.05) is 6.07 Å². The van der Waals surface area contributed by atoms with Crippen molar-refractivity contribution in [1.82, 2.24) is 4.72 Å². The van der Waals surface area contributed by atoms with Gasteiger partial charge in [-0.15, -0.1) is 11.3 Å². The van der Waals surface area contributed by atoms with Crippen molar-refractivity contribution >= 4 is 37.3 Å². The Bertz CT molecular complexity index is 677. The van der Waals surface area contributed by atoms with Gasteiger partial charge >= 0.3 is 0 Å². The molecule has 134 valence electrons. The summed E-state index contributed by atoms with van der Waals surface area (Å²) >= 11 is 4.68. The zero-order valence-corrected chi connectivity index (χ0v) is 17.4. The summed E-state index contributed by atoms with van der Waals surface area (Å²) in [5, 5.41) is 0. The van der Waals surface area contributed by atoms with E-state index in [-0.39, 0.29) is 11.5 Å². The minimum absolute atomic E-state index is 0.0989. The molecular weight excluding hydrogens is 406 g/mol. The fourth-order valence-corrected chi connectivity index (χ4v) is 9.47. The lowest BCUT2D eigenvalue weighted by atomic mass is 9.47. The maximum atomic E-state index is 12.9. The van der Waals surface area contributed by atoms with E-state index >= 15 is 0 Å². The molecule has 1 unspecified atom stereocenters. The molecule has 24 heavy (non-hydrogen) atoms. The first-order valence-electron chi connectivity index (χ1n) is 9.18. The monoisotopic (exact) mass is 431 g/mol. The second-order valence-corrected chi connectivity index (χ2v) is 12.7. The average molecular weight is 432 g/mol. The molecular formula is C18H26BrNO2S2. The zero-order chi connectivity index (χ0) is 16.9. The second kappa shape index (κ2) is 6.36. The maximum absolute atomic E-state index is 12.9. The summed E-state index contributed by atoms with van der Waals surface area (Å²) in [7, 11) is -3.42. The van der Waals surface area contributed by atoms with Crippen LogP contribution in [0.5, 0.6) is 0 Å². The van der Waals surface area contributed by atoms with E-state index in [1.54, 1.807) is 6.07 Å². The highest BCUT2D eigenvalue weighted by Gasteiger charge is 2.54. The van der Waals surface area contributed by atoms with Crippen LogP contribution in [0.2, 0.25) is 0 Å². The predicted octanol–water partition coefficient (Wildman–Crippen LogP) is 5.17. The second-order valence-electron chi connectivity index (χ2n) is 8.30. The van der Waals surface area contributed by atoms with Crippen molar-refractivity contribution in [3.05, 3.63) is 15.9 Å². The summed E-state index contributed by atoms with van der Waals surface area (Å²) in [5.74, 6) is 2.53. The smallest absolute Gasteiger partial charge is 0.207 e. The van der Waals surface area contributed by atoms with Crippen molar-refractivity contribution in [3.8, 4) is 0 Å². The largest absolute Gasteiger partial charge is 0.250 e. The van der Waals surface area contributed by atoms with Crippen LogP contribution in [0.25, 0.3) is 0 Å². The van der Waals surface area contributed by atoms with Gasteiger partial charge in [0.15, 0.2) is 0 Å². The van der Waals surface area contributed by atoms with Gasteiger partial charge in [-0.25, -0.2) is 13.1 Å². The lowest BCUT2D eigenvalue weighted by molar-refractivity contribution is -0.0712. The molecule has 6 heteroatoms. The topological polar surface area (TPSA) is 46.2 Å². The first-order valence-corrected chi connectivity index (χ1v) is 12.3. The molecule has 4 fully saturated rings. The van der Waals surface area contributed by atoms with Gasteiger partial charge in [0, 0.05) is 6.04 Å². The Morgan fingerprint density at radius 3 is 2.25 bits per heavy atom. The third-order valence-electron chi connectivity index (χ3n) is 6.51. The third-order valence-corrected chi connectivity index (χ3v) is 10.1. The van der Waals surface area contributed by atoms with Crippen LogP contribution >= 0.6 is 27.3 Å². The molecule has 0 aromatic carbocycles. The van der Waals surface area contributed by atoms with Gasteiger partial charge in [-0.05, 0) is 96.2 Å². The molecule has 5 rings (SSSR count). The summed E-state index contributed by atoms with van der Waals surface area (Å²) in [6, 6.07) is 3.63. The van der Waals surface area contributed by atoms with E-state index in [9.17, 15) is 8.42 Å². The highest BCUT2D eigenvalue weighted by atomic mass is 79.9. The van der Waals surface area contributed by atoms with E-state index in [2.05, 4.69) is 27.6 Å². The van der Waals surface area contributed by atoms with Gasteiger partial charge in [0.05, 0.1) is 3.79 Å². The molecule has 4 bridgehead atoms. The standard InChI is InChI=1S/C18H26BrNO2S2/c1-2-3-15(20-24(21,22)17-5-4-16(19)23-17)18-9-12-6-13(10-18)8-14(7-12)11-18/h4-5,12-15,20H,2-3,6-11H2,1H3. The number of thiophene rings is 1. The number of hydrogen-bond acceptors (Lipinski definition) is 3. The first kappa shape index (κ1) is 17.5. The predicted molar refractivity (Wildman–Crippen MR) is 102 cm³/mol. The van der Waals surface area contributed by atoms with Gasteiger partial charge in [-0.3, -0.25) is 0 Å². The van der Waals surface area contributed by atoms with Crippen LogP contribution < -0.4 is 4.72 Å². The van der Waals surface area contributed by atoms with Crippen molar-refractivity contribution in [1.29, 1.82) is 0 Å². The van der Waals surface area contributed by atoms with Crippen LogP contribution in [-0.4, -0.2) is 14.5 Å². The molecule has 0 amide bonds. The molecule has 0 aliphatic heterocycles. The Balaban J connectivity index is 1.61. The van der Waals surface area contributed by atoms with Crippen LogP contribution in [0.3, 0.4) is 0 Å². The summed E-state index contributed by atoms with van der Waals surface area (Å²) in [5.41, 5.74) is 0.215. The molecule has 0 saturated heterocycles. The van der Waals surface area contributed by atoms with Gasteiger partial charge in [0.2, 0.25) is 10.0 Å². The summed E-state index contributed by atoms with van der Waals surface area (Å²) in [6.45, 7) is 2.17. The maximum Gasteiger partial charge on any atom is 0.250 e. The Kier molecular flexibility index (Phi) is 4.64. The van der Waals surface area contributed by atoms with Crippen LogP contribution in [0.15, 0.2) is 20.1 Å². The van der Waals surface area contributed by atoms with Gasteiger partial charge in [0.25, 0.3) is 0 Å². The molecule has 4 aliphatic rings. The van der Waals surface area contributed by atoms with Crippen molar-refractivity contribution in [3.63, 3.8) is 0 Å². The van der Waals surface area contributed by atoms with Gasteiger partial charge in [-0.2, -0.15) is 0 Å². The third kappa shape index (κ3) is 3.12. The number of hydrogen-bond donors (Lipinski definition) is 1. The summed E-state index contributed by atoms with van der Waals surface area (Å²) < 4.78 is 30.2. The van der Waals surface area contributed by atoms with Crippen LogP contribution in [0.1, 0.15) is 58.3 Å². The summed E-state index contributed by atoms with van der Waals surface area (Å²) in [4.78, 5) is 0. The number of sulfonamides is 1. The number of nitrogens with one attached hydrogen (secondary N) is 1. The van der Waals surface area contributed by atoms with E-state index in [1.165, 1.54) is 49.9 Å². The average Bonchev–Trinajstić information content (AvgIpc) is 2.93. The molecule has 1 N–H and O–H groups in total. The van der Waals surface area contributed by atoms with E-state index in [0.29, 0.717) is 4.21 Å². The highest BCUT2D eigenvalue weighted by molar-refractivity contribution is 9.11.